The summed E-state index contributed by atoms with van der Waals surface area (Å²) in [5.41, 5.74) is 14.9. The molecule has 4 rings (SSSR count). The van der Waals surface area contributed by atoms with Gasteiger partial charge in [-0.1, -0.05) is 78.9 Å². The van der Waals surface area contributed by atoms with Crippen LogP contribution in [0.25, 0.3) is 10.9 Å². The third-order valence-electron chi connectivity index (χ3n) is 11.6. The third-order valence-corrected chi connectivity index (χ3v) is 12.0. The Morgan fingerprint density at radius 2 is 1.03 bits per heavy atom. The van der Waals surface area contributed by atoms with E-state index in [9.17, 15) is 58.8 Å². The maximum Gasteiger partial charge on any atom is 0.327 e. The van der Waals surface area contributed by atoms with Crippen molar-refractivity contribution in [3.63, 3.8) is 0 Å². The molecule has 23 heteroatoms. The summed E-state index contributed by atoms with van der Waals surface area (Å²) in [5, 5.41) is 58.7. The number of unbranched alkanes of at least 4 members (excludes halogenated alkanes) is 1. The SMILES string of the molecule is CC(O)C(NC(=O)C(Cc1ccccc1)NC(=O)C(NC(=O)C(CCCCN)NC(=O)C(Cc1c[nH]c2ccccc12)NC(=O)C(N)Cc1ccccc1)C(C)O)C(=O)NC(CO)C(=O)NC(CS)C(=O)O. The van der Waals surface area contributed by atoms with E-state index in [1.165, 1.54) is 6.92 Å². The standard InChI is InChI=1S/C49H66N10O12S/c1-27(61)40(47(68)55-36(22-30-15-7-4-8-16-30)45(66)59-41(28(2)62)48(69)56-38(25-60)46(67)57-39(26-72)49(70)71)58-43(64)35(19-11-12-20-50)53-44(65)37(23-31-24-52-34-18-10-9-17-32(31)34)54-42(63)33(51)21-29-13-5-3-6-14-29/h3-10,13-18,24,27-28,33,35-41,52,60-62,72H,11-12,19-23,25-26,50-51H2,1-2H3,(H,53,65)(H,54,63)(H,55,68)(H,56,69)(H,57,67)(H,58,64)(H,59,66)(H,70,71). The monoisotopic (exact) mass is 1020 g/mol. The number of aliphatic hydroxyl groups excluding tert-OH is 3. The second-order valence-electron chi connectivity index (χ2n) is 17.3. The van der Waals surface area contributed by atoms with Crippen LogP contribution in [0.4, 0.5) is 0 Å². The second kappa shape index (κ2) is 28.8. The van der Waals surface area contributed by atoms with Crippen LogP contribution in [-0.2, 0) is 57.6 Å². The van der Waals surface area contributed by atoms with Gasteiger partial charge in [0.2, 0.25) is 41.4 Å². The lowest BCUT2D eigenvalue weighted by Crippen LogP contribution is -2.63. The first-order valence-corrected chi connectivity index (χ1v) is 24.0. The van der Waals surface area contributed by atoms with Gasteiger partial charge in [-0.3, -0.25) is 33.6 Å². The van der Waals surface area contributed by atoms with Crippen molar-refractivity contribution in [2.24, 2.45) is 11.5 Å². The summed E-state index contributed by atoms with van der Waals surface area (Å²) in [5.74, 6) is -8.39. The number of hydrogen-bond acceptors (Lipinski definition) is 14. The number of amides is 7. The predicted octanol–water partition coefficient (Wildman–Crippen LogP) is -2.19. The molecule has 0 aliphatic carbocycles. The number of aromatic nitrogens is 1. The van der Waals surface area contributed by atoms with Crippen molar-refractivity contribution >= 4 is 70.9 Å². The number of hydrogen-bond donors (Lipinski definition) is 15. The number of aliphatic hydroxyl groups is 3. The fourth-order valence-corrected chi connectivity index (χ4v) is 7.80. The topological polar surface area (TPSA) is 370 Å². The summed E-state index contributed by atoms with van der Waals surface area (Å²) in [6.07, 6.45) is -0.790. The lowest BCUT2D eigenvalue weighted by molar-refractivity contribution is -0.142. The Morgan fingerprint density at radius 3 is 1.57 bits per heavy atom. The molecule has 1 heterocycles. The molecule has 0 bridgehead atoms. The molecule has 0 saturated carbocycles. The number of carbonyl (C=O) groups is 8. The fraction of sp³-hybridized carbons (Fsp3) is 0.429. The third kappa shape index (κ3) is 17.5. The number of rotatable bonds is 29. The number of carboxylic acid groups (broad SMARTS) is 1. The van der Waals surface area contributed by atoms with Gasteiger partial charge >= 0.3 is 5.97 Å². The van der Waals surface area contributed by atoms with Crippen LogP contribution in [0, 0.1) is 0 Å². The zero-order valence-electron chi connectivity index (χ0n) is 40.0. The summed E-state index contributed by atoms with van der Waals surface area (Å²) in [4.78, 5) is 111. The van der Waals surface area contributed by atoms with E-state index in [1.54, 1.807) is 36.5 Å². The lowest BCUT2D eigenvalue weighted by Gasteiger charge is -2.29. The van der Waals surface area contributed by atoms with Gasteiger partial charge < -0.3 is 74.1 Å². The molecule has 0 saturated heterocycles. The van der Waals surface area contributed by atoms with Crippen LogP contribution in [0.3, 0.4) is 0 Å². The highest BCUT2D eigenvalue weighted by Gasteiger charge is 2.37. The number of aromatic amines is 1. The second-order valence-corrected chi connectivity index (χ2v) is 17.7. The van der Waals surface area contributed by atoms with E-state index in [4.69, 9.17) is 11.5 Å². The molecule has 72 heavy (non-hydrogen) atoms. The molecule has 3 aromatic carbocycles. The van der Waals surface area contributed by atoms with E-state index in [0.717, 1.165) is 23.4 Å². The molecule has 0 spiro atoms. The minimum atomic E-state index is -1.80. The van der Waals surface area contributed by atoms with E-state index >= 15 is 0 Å². The summed E-state index contributed by atoms with van der Waals surface area (Å²) >= 11 is 3.88. The maximum absolute atomic E-state index is 14.3. The molecular weight excluding hydrogens is 953 g/mol. The van der Waals surface area contributed by atoms with Crippen LogP contribution >= 0.6 is 12.6 Å². The van der Waals surface area contributed by atoms with Crippen LogP contribution in [-0.4, -0.2) is 152 Å². The molecule has 4 aromatic rings. The number of carbonyl (C=O) groups excluding carboxylic acids is 7. The van der Waals surface area contributed by atoms with Gasteiger partial charge in [-0.05, 0) is 68.8 Å². The first-order valence-electron chi connectivity index (χ1n) is 23.4. The Kier molecular flexibility index (Phi) is 23.1. The number of benzene rings is 3. The van der Waals surface area contributed by atoms with Crippen molar-refractivity contribution < 1.29 is 58.8 Å². The molecule has 7 amide bonds. The maximum atomic E-state index is 14.3. The Bertz CT molecular complexity index is 2440. The summed E-state index contributed by atoms with van der Waals surface area (Å²) in [6, 6.07) is 12.8. The molecule has 0 fully saturated rings. The van der Waals surface area contributed by atoms with Gasteiger partial charge in [0.25, 0.3) is 0 Å². The number of nitrogens with one attached hydrogen (secondary N) is 8. The van der Waals surface area contributed by atoms with E-state index < -0.39 is 114 Å². The fourth-order valence-electron chi connectivity index (χ4n) is 7.56. The van der Waals surface area contributed by atoms with Crippen LogP contribution < -0.4 is 48.7 Å². The van der Waals surface area contributed by atoms with Crippen molar-refractivity contribution in [3.8, 4) is 0 Å². The van der Waals surface area contributed by atoms with Crippen LogP contribution in [0.5, 0.6) is 0 Å². The molecule has 1 aromatic heterocycles. The lowest BCUT2D eigenvalue weighted by atomic mass is 10.0. The molecule has 390 valence electrons. The highest BCUT2D eigenvalue weighted by molar-refractivity contribution is 7.80. The first kappa shape index (κ1) is 57.7. The molecule has 0 aliphatic rings. The zero-order chi connectivity index (χ0) is 52.9. The Labute approximate surface area is 421 Å². The number of H-pyrrole nitrogens is 1. The van der Waals surface area contributed by atoms with Gasteiger partial charge in [-0.25, -0.2) is 4.79 Å². The van der Waals surface area contributed by atoms with Gasteiger partial charge in [0, 0.05) is 35.7 Å². The normalized spacial score (nSPS) is 15.4. The Hall–Kier alpha value is -6.89. The predicted molar refractivity (Wildman–Crippen MR) is 269 cm³/mol. The summed E-state index contributed by atoms with van der Waals surface area (Å²) in [7, 11) is 0. The minimum absolute atomic E-state index is 0.0140. The van der Waals surface area contributed by atoms with Crippen molar-refractivity contribution in [3.05, 3.63) is 108 Å². The van der Waals surface area contributed by atoms with Gasteiger partial charge in [-0.15, -0.1) is 0 Å². The molecule has 22 nitrogen and oxygen atoms in total. The minimum Gasteiger partial charge on any atom is -0.480 e. The molecule has 0 aliphatic heterocycles. The van der Waals surface area contributed by atoms with E-state index in [1.807, 2.05) is 54.6 Å². The molecule has 0 radical (unpaired) electrons. The first-order chi connectivity index (χ1) is 34.4. The number of aliphatic carboxylic acids is 1. The Morgan fingerprint density at radius 1 is 0.569 bits per heavy atom. The smallest absolute Gasteiger partial charge is 0.327 e. The number of carboxylic acids is 1. The number of nitrogens with two attached hydrogens (primary N) is 2. The van der Waals surface area contributed by atoms with E-state index in [0.29, 0.717) is 24.0 Å². The van der Waals surface area contributed by atoms with Gasteiger partial charge in [0.15, 0.2) is 0 Å². The molecule has 10 unspecified atom stereocenters. The van der Waals surface area contributed by atoms with Crippen molar-refractivity contribution in [2.45, 2.75) is 113 Å². The van der Waals surface area contributed by atoms with Crippen molar-refractivity contribution in [2.75, 3.05) is 18.9 Å². The van der Waals surface area contributed by atoms with Gasteiger partial charge in [0.05, 0.1) is 24.9 Å². The number of fused-ring (bicyclic) bond motifs is 1. The average molecular weight is 1020 g/mol. The Balaban J connectivity index is 1.56. The zero-order valence-corrected chi connectivity index (χ0v) is 40.8. The van der Waals surface area contributed by atoms with Crippen LogP contribution in [0.2, 0.25) is 0 Å². The quantitative estimate of drug-likeness (QED) is 0.0203. The van der Waals surface area contributed by atoms with Crippen molar-refractivity contribution in [1.29, 1.82) is 0 Å². The van der Waals surface area contributed by atoms with E-state index in [-0.39, 0.29) is 38.0 Å². The summed E-state index contributed by atoms with van der Waals surface area (Å²) in [6.45, 7) is 1.61. The summed E-state index contributed by atoms with van der Waals surface area (Å²) < 4.78 is 0. The average Bonchev–Trinajstić information content (AvgIpc) is 3.77. The highest BCUT2D eigenvalue weighted by atomic mass is 32.1. The number of para-hydroxylation sites is 1. The van der Waals surface area contributed by atoms with Gasteiger partial charge in [0.1, 0.15) is 42.3 Å². The number of thiol groups is 1. The van der Waals surface area contributed by atoms with Crippen LogP contribution in [0.15, 0.2) is 91.1 Å². The van der Waals surface area contributed by atoms with Crippen LogP contribution in [0.1, 0.15) is 49.8 Å². The largest absolute Gasteiger partial charge is 0.480 e. The van der Waals surface area contributed by atoms with Gasteiger partial charge in [-0.2, -0.15) is 12.6 Å². The van der Waals surface area contributed by atoms with E-state index in [2.05, 4.69) is 54.8 Å². The molecule has 16 N–H and O–H groups in total. The molecule has 10 atom stereocenters. The molecular formula is C49H66N10O12S. The highest BCUT2D eigenvalue weighted by Crippen LogP contribution is 2.20. The van der Waals surface area contributed by atoms with Crippen molar-refractivity contribution in [1.82, 2.24) is 42.2 Å².